The lowest BCUT2D eigenvalue weighted by atomic mass is 10.1. The van der Waals surface area contributed by atoms with Crippen molar-refractivity contribution in [2.24, 2.45) is 5.92 Å². The smallest absolute Gasteiger partial charge is 0.317 e. The summed E-state index contributed by atoms with van der Waals surface area (Å²) in [4.78, 5) is 24.5. The van der Waals surface area contributed by atoms with Crippen LogP contribution in [0.25, 0.3) is 0 Å². The number of nitrogens with one attached hydrogen (secondary N) is 1. The van der Waals surface area contributed by atoms with Gasteiger partial charge >= 0.3 is 12.0 Å². The summed E-state index contributed by atoms with van der Waals surface area (Å²) >= 11 is 0. The van der Waals surface area contributed by atoms with Gasteiger partial charge in [0.05, 0.1) is 12.0 Å². The fraction of sp³-hybridized carbons (Fsp3) is 0.375. The highest BCUT2D eigenvalue weighted by Gasteiger charge is 2.26. The molecule has 1 aromatic rings. The van der Waals surface area contributed by atoms with Crippen molar-refractivity contribution in [3.05, 3.63) is 47.5 Å². The van der Waals surface area contributed by atoms with Gasteiger partial charge in [-0.2, -0.15) is 0 Å². The van der Waals surface area contributed by atoms with Crippen molar-refractivity contribution in [3.63, 3.8) is 0 Å². The van der Waals surface area contributed by atoms with Gasteiger partial charge in [-0.05, 0) is 18.9 Å². The lowest BCUT2D eigenvalue weighted by Gasteiger charge is -2.21. The predicted molar refractivity (Wildman–Crippen MR) is 79.8 cm³/mol. The Hall–Kier alpha value is -2.30. The van der Waals surface area contributed by atoms with Gasteiger partial charge in [0.25, 0.3) is 0 Å². The lowest BCUT2D eigenvalue weighted by molar-refractivity contribution is -0.140. The van der Waals surface area contributed by atoms with Crippen molar-refractivity contribution in [1.82, 2.24) is 10.2 Å². The zero-order chi connectivity index (χ0) is 15.4. The number of amides is 2. The van der Waals surface area contributed by atoms with Crippen molar-refractivity contribution < 1.29 is 14.7 Å². The largest absolute Gasteiger partial charge is 0.481 e. The van der Waals surface area contributed by atoms with E-state index >= 15 is 0 Å². The molecule has 2 rings (SSSR count). The van der Waals surface area contributed by atoms with Crippen LogP contribution >= 0.6 is 0 Å². The number of carbonyl (C=O) groups is 2. The van der Waals surface area contributed by atoms with E-state index in [4.69, 9.17) is 5.11 Å². The van der Waals surface area contributed by atoms with Gasteiger partial charge in [-0.1, -0.05) is 42.0 Å². The third-order valence-electron chi connectivity index (χ3n) is 3.60. The minimum absolute atomic E-state index is 0.198. The number of aryl methyl sites for hydroxylation is 1. The summed E-state index contributed by atoms with van der Waals surface area (Å²) in [6.07, 6.45) is 3.79. The number of carboxylic acids is 1. The zero-order valence-electron chi connectivity index (χ0n) is 12.2. The van der Waals surface area contributed by atoms with Gasteiger partial charge in [-0.15, -0.1) is 0 Å². The standard InChI is InChI=1S/C16H20N2O3/c1-11-3-5-12(6-4-11)10-18(2)16(21)17-14-8-7-13(9-14)15(19)20/h3-8,13-14H,9-10H2,1-2H3,(H,17,21)(H,19,20). The highest BCUT2D eigenvalue weighted by Crippen LogP contribution is 2.18. The molecule has 0 saturated carbocycles. The molecule has 5 heteroatoms. The third-order valence-corrected chi connectivity index (χ3v) is 3.60. The molecule has 112 valence electrons. The van der Waals surface area contributed by atoms with Crippen LogP contribution in [0.5, 0.6) is 0 Å². The minimum Gasteiger partial charge on any atom is -0.481 e. The molecular formula is C16H20N2O3. The maximum Gasteiger partial charge on any atom is 0.317 e. The maximum absolute atomic E-state index is 12.1. The molecule has 21 heavy (non-hydrogen) atoms. The number of carbonyl (C=O) groups excluding carboxylic acids is 1. The summed E-state index contributed by atoms with van der Waals surface area (Å²) in [5, 5.41) is 11.7. The molecule has 2 N–H and O–H groups in total. The minimum atomic E-state index is -0.851. The van der Waals surface area contributed by atoms with Gasteiger partial charge in [0.1, 0.15) is 0 Å². The second kappa shape index (κ2) is 6.43. The zero-order valence-corrected chi connectivity index (χ0v) is 12.2. The Labute approximate surface area is 124 Å². The van der Waals surface area contributed by atoms with E-state index in [0.717, 1.165) is 5.56 Å². The van der Waals surface area contributed by atoms with Crippen molar-refractivity contribution >= 4 is 12.0 Å². The second-order valence-corrected chi connectivity index (χ2v) is 5.46. The quantitative estimate of drug-likeness (QED) is 0.834. The molecule has 2 amide bonds. The summed E-state index contributed by atoms with van der Waals surface area (Å²) in [6.45, 7) is 2.54. The summed E-state index contributed by atoms with van der Waals surface area (Å²) in [7, 11) is 1.72. The first-order valence-electron chi connectivity index (χ1n) is 6.94. The van der Waals surface area contributed by atoms with Crippen LogP contribution in [0.1, 0.15) is 17.5 Å². The van der Waals surface area contributed by atoms with Crippen molar-refractivity contribution in [2.45, 2.75) is 25.9 Å². The van der Waals surface area contributed by atoms with Crippen LogP contribution in [-0.2, 0) is 11.3 Å². The third kappa shape index (κ3) is 4.08. The number of aliphatic carboxylic acids is 1. The van der Waals surface area contributed by atoms with Gasteiger partial charge in [0.15, 0.2) is 0 Å². The number of carboxylic acid groups (broad SMARTS) is 1. The van der Waals surface area contributed by atoms with Gasteiger partial charge in [0.2, 0.25) is 0 Å². The van der Waals surface area contributed by atoms with E-state index in [1.165, 1.54) is 5.56 Å². The van der Waals surface area contributed by atoms with Crippen LogP contribution in [0.3, 0.4) is 0 Å². The number of hydrogen-bond acceptors (Lipinski definition) is 2. The SMILES string of the molecule is Cc1ccc(CN(C)C(=O)NC2C=CC(C(=O)O)C2)cc1. The molecule has 1 aliphatic rings. The summed E-state index contributed by atoms with van der Waals surface area (Å²) in [5.41, 5.74) is 2.24. The Morgan fingerprint density at radius 2 is 1.95 bits per heavy atom. The molecule has 1 aliphatic carbocycles. The number of benzene rings is 1. The van der Waals surface area contributed by atoms with Gasteiger partial charge in [-0.3, -0.25) is 4.79 Å². The molecule has 0 bridgehead atoms. The molecule has 2 atom stereocenters. The number of urea groups is 1. The molecule has 0 heterocycles. The first-order valence-corrected chi connectivity index (χ1v) is 6.94. The van der Waals surface area contributed by atoms with Gasteiger partial charge in [-0.25, -0.2) is 4.79 Å². The van der Waals surface area contributed by atoms with Gasteiger partial charge in [0, 0.05) is 13.6 Å². The number of hydrogen-bond donors (Lipinski definition) is 2. The molecule has 5 nitrogen and oxygen atoms in total. The van der Waals surface area contributed by atoms with Crippen LogP contribution in [0.2, 0.25) is 0 Å². The highest BCUT2D eigenvalue weighted by molar-refractivity contribution is 5.76. The molecule has 0 radical (unpaired) electrons. The van der Waals surface area contributed by atoms with E-state index < -0.39 is 11.9 Å². The average Bonchev–Trinajstić information content (AvgIpc) is 2.90. The fourth-order valence-corrected chi connectivity index (χ4v) is 2.30. The van der Waals surface area contributed by atoms with E-state index in [1.54, 1.807) is 24.1 Å². The Morgan fingerprint density at radius 1 is 1.29 bits per heavy atom. The van der Waals surface area contributed by atoms with Crippen molar-refractivity contribution in [1.29, 1.82) is 0 Å². The van der Waals surface area contributed by atoms with E-state index in [9.17, 15) is 9.59 Å². The monoisotopic (exact) mass is 288 g/mol. The molecule has 0 fully saturated rings. The van der Waals surface area contributed by atoms with Gasteiger partial charge < -0.3 is 15.3 Å². The molecule has 0 aliphatic heterocycles. The second-order valence-electron chi connectivity index (χ2n) is 5.46. The number of nitrogens with zero attached hydrogens (tertiary/aromatic N) is 1. The molecular weight excluding hydrogens is 268 g/mol. The Balaban J connectivity index is 1.85. The highest BCUT2D eigenvalue weighted by atomic mass is 16.4. The predicted octanol–water partition coefficient (Wildman–Crippen LogP) is 2.17. The maximum atomic E-state index is 12.1. The normalized spacial score (nSPS) is 20.3. The summed E-state index contributed by atoms with van der Waals surface area (Å²) in [5.74, 6) is -1.35. The van der Waals surface area contributed by atoms with Crippen LogP contribution < -0.4 is 5.32 Å². The average molecular weight is 288 g/mol. The van der Waals surface area contributed by atoms with Crippen LogP contribution in [0.4, 0.5) is 4.79 Å². The summed E-state index contributed by atoms with van der Waals surface area (Å²) in [6, 6.07) is 7.61. The molecule has 1 aromatic carbocycles. The molecule has 0 spiro atoms. The Bertz CT molecular complexity index is 551. The van der Waals surface area contributed by atoms with Crippen LogP contribution in [-0.4, -0.2) is 35.1 Å². The topological polar surface area (TPSA) is 69.6 Å². The summed E-state index contributed by atoms with van der Waals surface area (Å²) < 4.78 is 0. The Morgan fingerprint density at radius 3 is 2.52 bits per heavy atom. The van der Waals surface area contributed by atoms with Crippen LogP contribution in [0, 0.1) is 12.8 Å². The molecule has 0 saturated heterocycles. The van der Waals surface area contributed by atoms with E-state index in [2.05, 4.69) is 5.32 Å². The van der Waals surface area contributed by atoms with Crippen molar-refractivity contribution in [3.8, 4) is 0 Å². The lowest BCUT2D eigenvalue weighted by Crippen LogP contribution is -2.41. The first kappa shape index (κ1) is 15.1. The van der Waals surface area contributed by atoms with E-state index in [-0.39, 0.29) is 12.1 Å². The molecule has 2 unspecified atom stereocenters. The Kier molecular flexibility index (Phi) is 4.62. The fourth-order valence-electron chi connectivity index (χ4n) is 2.30. The van der Waals surface area contributed by atoms with E-state index in [1.807, 2.05) is 31.2 Å². The van der Waals surface area contributed by atoms with Crippen molar-refractivity contribution in [2.75, 3.05) is 7.05 Å². The van der Waals surface area contributed by atoms with E-state index in [0.29, 0.717) is 13.0 Å². The molecule has 0 aromatic heterocycles. The van der Waals surface area contributed by atoms with Crippen LogP contribution in [0.15, 0.2) is 36.4 Å². The first-order chi connectivity index (χ1) is 9.95. The number of rotatable bonds is 4.